The molecule has 1 unspecified atom stereocenters. The minimum Gasteiger partial charge on any atom is -0.465 e. The van der Waals surface area contributed by atoms with Crippen LogP contribution in [0.4, 0.5) is 11.4 Å². The van der Waals surface area contributed by atoms with Gasteiger partial charge in [-0.2, -0.15) is 4.59 Å². The second-order valence-electron chi connectivity index (χ2n) is 11.3. The molecule has 7 nitrogen and oxygen atoms in total. The van der Waals surface area contributed by atoms with Gasteiger partial charge in [-0.3, -0.25) is 0 Å². The van der Waals surface area contributed by atoms with Crippen LogP contribution in [0.25, 0.3) is 0 Å². The predicted octanol–water partition coefficient (Wildman–Crippen LogP) is 7.88. The number of nitrogens with zero attached hydrogens (tertiary/aromatic N) is 1. The molecule has 0 radical (unpaired) electrons. The van der Waals surface area contributed by atoms with E-state index in [1.54, 1.807) is 18.2 Å². The van der Waals surface area contributed by atoms with Gasteiger partial charge in [0.05, 0.1) is 23.3 Å². The number of carbonyl (C=O) groups excluding carboxylic acids is 1. The van der Waals surface area contributed by atoms with Gasteiger partial charge in [0.1, 0.15) is 24.6 Å². The van der Waals surface area contributed by atoms with Gasteiger partial charge >= 0.3 is 5.97 Å². The van der Waals surface area contributed by atoms with Crippen molar-refractivity contribution in [1.29, 1.82) is 0 Å². The van der Waals surface area contributed by atoms with Crippen molar-refractivity contribution in [2.75, 3.05) is 31.9 Å². The summed E-state index contributed by atoms with van der Waals surface area (Å²) in [6.45, 7) is 7.78. The third kappa shape index (κ3) is 6.10. The van der Waals surface area contributed by atoms with Gasteiger partial charge in [0, 0.05) is 35.4 Å². The first-order chi connectivity index (χ1) is 21.1. The summed E-state index contributed by atoms with van der Waals surface area (Å²) in [5.74, 6) is 0.878. The van der Waals surface area contributed by atoms with Gasteiger partial charge in [-0.05, 0) is 74.2 Å². The van der Waals surface area contributed by atoms with Crippen molar-refractivity contribution in [2.45, 2.75) is 50.8 Å². The number of aryl methyl sites for hydroxylation is 1. The number of hydrogen-bond donors (Lipinski definition) is 1. The minimum absolute atomic E-state index is 0.232. The van der Waals surface area contributed by atoms with Gasteiger partial charge in [0.2, 0.25) is 0 Å². The van der Waals surface area contributed by atoms with Gasteiger partial charge in [0.25, 0.3) is 0 Å². The highest BCUT2D eigenvalue weighted by Gasteiger charge is 2.35. The molecule has 0 aromatic heterocycles. The molecule has 5 rings (SSSR count). The van der Waals surface area contributed by atoms with E-state index in [-0.39, 0.29) is 16.8 Å². The molecule has 1 aliphatic rings. The SMILES string of the molecule is CCCCc1ccc2c(c1)C(c1ccccc1C(=O)OC)c1ccc([N+](CC)(CC)Nc3cccc(S(C)(=O)=O)c3)cc1O2. The molecule has 230 valence electrons. The number of fused-ring (bicyclic) bond motifs is 2. The van der Waals surface area contributed by atoms with Crippen LogP contribution in [0, 0.1) is 0 Å². The van der Waals surface area contributed by atoms with Crippen LogP contribution < -0.4 is 14.8 Å². The zero-order chi connectivity index (χ0) is 31.5. The molecular formula is C36H41N2O5S+. The molecule has 1 heterocycles. The molecule has 44 heavy (non-hydrogen) atoms. The molecular weight excluding hydrogens is 572 g/mol. The summed E-state index contributed by atoms with van der Waals surface area (Å²) >= 11 is 0. The zero-order valence-corrected chi connectivity index (χ0v) is 26.9. The topological polar surface area (TPSA) is 81.7 Å². The number of benzene rings is 4. The quantitative estimate of drug-likeness (QED) is 0.0927. The van der Waals surface area contributed by atoms with E-state index in [0.29, 0.717) is 28.9 Å². The van der Waals surface area contributed by atoms with E-state index in [9.17, 15) is 13.2 Å². The number of esters is 1. The average Bonchev–Trinajstić information content (AvgIpc) is 3.04. The maximum Gasteiger partial charge on any atom is 0.338 e. The zero-order valence-electron chi connectivity index (χ0n) is 26.1. The molecule has 0 aliphatic carbocycles. The molecule has 0 bridgehead atoms. The van der Waals surface area contributed by atoms with Crippen LogP contribution in [-0.2, 0) is 21.0 Å². The number of hydrogen-bond acceptors (Lipinski definition) is 6. The molecule has 0 fully saturated rings. The molecule has 1 N–H and O–H groups in total. The number of quaternary nitrogens is 1. The van der Waals surface area contributed by atoms with E-state index in [4.69, 9.17) is 9.47 Å². The van der Waals surface area contributed by atoms with Crippen LogP contribution in [0.5, 0.6) is 11.5 Å². The summed E-state index contributed by atoms with van der Waals surface area (Å²) in [5, 5.41) is 0. The first-order valence-electron chi connectivity index (χ1n) is 15.2. The summed E-state index contributed by atoms with van der Waals surface area (Å²) in [7, 11) is -1.94. The lowest BCUT2D eigenvalue weighted by Crippen LogP contribution is -2.53. The van der Waals surface area contributed by atoms with Crippen molar-refractivity contribution in [2.24, 2.45) is 0 Å². The maximum absolute atomic E-state index is 12.9. The van der Waals surface area contributed by atoms with Gasteiger partial charge in [0.15, 0.2) is 15.5 Å². The summed E-state index contributed by atoms with van der Waals surface area (Å²) in [4.78, 5) is 13.2. The smallest absolute Gasteiger partial charge is 0.338 e. The molecule has 1 atom stereocenters. The summed E-state index contributed by atoms with van der Waals surface area (Å²) in [6.07, 6.45) is 4.39. The van der Waals surface area contributed by atoms with E-state index < -0.39 is 9.84 Å². The van der Waals surface area contributed by atoms with E-state index in [1.807, 2.05) is 36.4 Å². The van der Waals surface area contributed by atoms with E-state index in [1.165, 1.54) is 18.9 Å². The highest BCUT2D eigenvalue weighted by Crippen LogP contribution is 2.50. The van der Waals surface area contributed by atoms with E-state index in [2.05, 4.69) is 56.5 Å². The molecule has 0 saturated carbocycles. The number of sulfone groups is 1. The Morgan fingerprint density at radius 2 is 1.64 bits per heavy atom. The fraction of sp³-hybridized carbons (Fsp3) is 0.306. The molecule has 8 heteroatoms. The fourth-order valence-corrected chi connectivity index (χ4v) is 6.76. The Labute approximate surface area is 260 Å². The Morgan fingerprint density at radius 1 is 0.864 bits per heavy atom. The standard InChI is InChI=1S/C36H41N2O5S/c1-6-9-13-25-18-21-33-32(22-25)35(29-16-10-11-17-30(29)36(39)42-4)31-20-19-27(24-34(31)43-33)38(7-2,8-3)37-26-14-12-15-28(23-26)44(5,40)41/h10-12,14-24,35,37H,6-9,13H2,1-5H3/q+1. The fourth-order valence-electron chi connectivity index (χ4n) is 6.09. The van der Waals surface area contributed by atoms with Crippen molar-refractivity contribution in [1.82, 2.24) is 4.59 Å². The summed E-state index contributed by atoms with van der Waals surface area (Å²) in [5.41, 5.74) is 9.92. The molecule has 0 saturated heterocycles. The summed E-state index contributed by atoms with van der Waals surface area (Å²) in [6, 6.07) is 27.2. The highest BCUT2D eigenvalue weighted by molar-refractivity contribution is 7.90. The number of nitrogens with one attached hydrogen (secondary N) is 1. The van der Waals surface area contributed by atoms with E-state index in [0.717, 1.165) is 53.1 Å². The highest BCUT2D eigenvalue weighted by atomic mass is 32.2. The number of ether oxygens (including phenoxy) is 2. The number of carbonyl (C=O) groups is 1. The van der Waals surface area contributed by atoms with Crippen molar-refractivity contribution in [3.8, 4) is 11.5 Å². The average molecular weight is 614 g/mol. The van der Waals surface area contributed by atoms with E-state index >= 15 is 0 Å². The van der Waals surface area contributed by atoms with Crippen LogP contribution >= 0.6 is 0 Å². The number of methoxy groups -OCH3 is 1. The number of anilines is 1. The Bertz CT molecular complexity index is 1780. The van der Waals surface area contributed by atoms with Crippen LogP contribution in [0.15, 0.2) is 89.8 Å². The van der Waals surface area contributed by atoms with Gasteiger partial charge in [-0.25, -0.2) is 18.6 Å². The maximum atomic E-state index is 12.9. The molecule has 4 aromatic rings. The predicted molar refractivity (Wildman–Crippen MR) is 176 cm³/mol. The van der Waals surface area contributed by atoms with Crippen molar-refractivity contribution in [3.63, 3.8) is 0 Å². The molecule has 0 spiro atoms. The minimum atomic E-state index is -3.35. The number of unbranched alkanes of at least 4 members (excludes halogenated alkanes) is 1. The lowest BCUT2D eigenvalue weighted by molar-refractivity contribution is 0.0599. The Hall–Kier alpha value is -4.14. The molecule has 1 aliphatic heterocycles. The first kappa shape index (κ1) is 31.3. The van der Waals surface area contributed by atoms with Crippen LogP contribution in [-0.4, -0.2) is 40.8 Å². The van der Waals surface area contributed by atoms with Crippen LogP contribution in [0.3, 0.4) is 0 Å². The van der Waals surface area contributed by atoms with Gasteiger partial charge in [-0.15, -0.1) is 0 Å². The second kappa shape index (κ2) is 12.8. The van der Waals surface area contributed by atoms with Crippen LogP contribution in [0.1, 0.15) is 72.1 Å². The second-order valence-corrected chi connectivity index (χ2v) is 13.3. The lowest BCUT2D eigenvalue weighted by atomic mass is 9.79. The normalized spacial score (nSPS) is 14.2. The molecule has 4 aromatic carbocycles. The monoisotopic (exact) mass is 613 g/mol. The molecule has 0 amide bonds. The van der Waals surface area contributed by atoms with Gasteiger partial charge in [-0.1, -0.05) is 49.7 Å². The van der Waals surface area contributed by atoms with Crippen LogP contribution in [0.2, 0.25) is 0 Å². The third-order valence-corrected chi connectivity index (χ3v) is 9.70. The van der Waals surface area contributed by atoms with Gasteiger partial charge < -0.3 is 9.47 Å². The third-order valence-electron chi connectivity index (χ3n) is 8.59. The Balaban J connectivity index is 1.64. The first-order valence-corrected chi connectivity index (χ1v) is 17.1. The lowest BCUT2D eigenvalue weighted by Gasteiger charge is -2.37. The van der Waals surface area contributed by atoms with Crippen molar-refractivity contribution < 1.29 is 22.7 Å². The summed E-state index contributed by atoms with van der Waals surface area (Å²) < 4.78 is 36.7. The van der Waals surface area contributed by atoms with Crippen molar-refractivity contribution >= 4 is 27.2 Å². The largest absolute Gasteiger partial charge is 0.465 e. The van der Waals surface area contributed by atoms with Crippen molar-refractivity contribution in [3.05, 3.63) is 113 Å². The Morgan fingerprint density at radius 3 is 2.34 bits per heavy atom. The Kier molecular flexibility index (Phi) is 9.13. The number of rotatable bonds is 11.